The van der Waals surface area contributed by atoms with Gasteiger partial charge in [0.25, 0.3) is 0 Å². The van der Waals surface area contributed by atoms with E-state index in [2.05, 4.69) is 4.99 Å². The Labute approximate surface area is 113 Å². The highest BCUT2D eigenvalue weighted by Gasteiger charge is 2.10. The lowest BCUT2D eigenvalue weighted by Crippen LogP contribution is -1.96. The maximum Gasteiger partial charge on any atom is 0.337 e. The van der Waals surface area contributed by atoms with Gasteiger partial charge in [0.1, 0.15) is 0 Å². The van der Waals surface area contributed by atoms with E-state index in [9.17, 15) is 20.1 Å². The second kappa shape index (κ2) is 5.31. The molecule has 0 bridgehead atoms. The molecule has 0 saturated carbocycles. The predicted molar refractivity (Wildman–Crippen MR) is 72.1 cm³/mol. The van der Waals surface area contributed by atoms with Crippen LogP contribution in [0.3, 0.4) is 0 Å². The zero-order valence-corrected chi connectivity index (χ0v) is 10.2. The number of rotatable bonds is 3. The monoisotopic (exact) mass is 273 g/mol. The molecule has 0 aromatic heterocycles. The molecule has 0 aliphatic heterocycles. The summed E-state index contributed by atoms with van der Waals surface area (Å²) in [6, 6.07) is 8.66. The third-order valence-electron chi connectivity index (χ3n) is 2.64. The lowest BCUT2D eigenvalue weighted by molar-refractivity contribution is 0.0698. The maximum absolute atomic E-state index is 11.0. The van der Waals surface area contributed by atoms with Gasteiger partial charge in [-0.3, -0.25) is 4.99 Å². The van der Waals surface area contributed by atoms with E-state index < -0.39 is 23.2 Å². The molecule has 4 N–H and O–H groups in total. The average Bonchev–Trinajstić information content (AvgIpc) is 2.44. The lowest BCUT2D eigenvalue weighted by Gasteiger charge is -2.04. The second-order valence-electron chi connectivity index (χ2n) is 3.95. The summed E-state index contributed by atoms with van der Waals surface area (Å²) in [6.45, 7) is 0. The van der Waals surface area contributed by atoms with E-state index in [4.69, 9.17) is 5.11 Å². The van der Waals surface area contributed by atoms with E-state index in [1.54, 1.807) is 12.1 Å². The van der Waals surface area contributed by atoms with Crippen LogP contribution >= 0.6 is 0 Å². The molecule has 0 aliphatic carbocycles. The second-order valence-corrected chi connectivity index (χ2v) is 3.95. The van der Waals surface area contributed by atoms with Gasteiger partial charge in [-0.05, 0) is 24.3 Å². The quantitative estimate of drug-likeness (QED) is 0.506. The van der Waals surface area contributed by atoms with E-state index in [-0.39, 0.29) is 16.8 Å². The van der Waals surface area contributed by atoms with Crippen molar-refractivity contribution in [2.45, 2.75) is 0 Å². The molecule has 102 valence electrons. The molecule has 0 atom stereocenters. The molecule has 0 radical (unpaired) electrons. The van der Waals surface area contributed by atoms with Crippen LogP contribution in [0.4, 0.5) is 5.69 Å². The number of hydrogen-bond acceptors (Lipinski definition) is 5. The average molecular weight is 273 g/mol. The molecule has 2 aromatic carbocycles. The molecule has 0 amide bonds. The van der Waals surface area contributed by atoms with Crippen LogP contribution in [0, 0.1) is 0 Å². The number of carboxylic acid groups (broad SMARTS) is 1. The normalized spacial score (nSPS) is 10.8. The topological polar surface area (TPSA) is 110 Å². The van der Waals surface area contributed by atoms with Gasteiger partial charge in [-0.15, -0.1) is 0 Å². The number of benzene rings is 2. The minimum absolute atomic E-state index is 0.0197. The molecule has 0 saturated heterocycles. The molecule has 6 heteroatoms. The third-order valence-corrected chi connectivity index (χ3v) is 2.64. The van der Waals surface area contributed by atoms with Crippen molar-refractivity contribution in [3.05, 3.63) is 47.5 Å². The van der Waals surface area contributed by atoms with Gasteiger partial charge in [0.05, 0.1) is 11.3 Å². The Morgan fingerprint density at radius 2 is 1.70 bits per heavy atom. The van der Waals surface area contributed by atoms with E-state index in [1.807, 2.05) is 0 Å². The summed E-state index contributed by atoms with van der Waals surface area (Å²) in [6.07, 6.45) is 1.20. The maximum atomic E-state index is 11.0. The van der Waals surface area contributed by atoms with Crippen LogP contribution in [-0.2, 0) is 0 Å². The molecule has 0 aliphatic rings. The minimum atomic E-state index is -1.12. The molecule has 0 fully saturated rings. The Bertz CT molecular complexity index is 694. The highest BCUT2D eigenvalue weighted by atomic mass is 16.4. The molecule has 20 heavy (non-hydrogen) atoms. The van der Waals surface area contributed by atoms with Crippen molar-refractivity contribution >= 4 is 17.9 Å². The first-order chi connectivity index (χ1) is 9.50. The molecule has 6 nitrogen and oxygen atoms in total. The van der Waals surface area contributed by atoms with Gasteiger partial charge in [-0.2, -0.15) is 0 Å². The van der Waals surface area contributed by atoms with Crippen molar-refractivity contribution in [2.75, 3.05) is 0 Å². The van der Waals surface area contributed by atoms with Gasteiger partial charge in [0, 0.05) is 11.8 Å². The van der Waals surface area contributed by atoms with Crippen molar-refractivity contribution < 1.29 is 25.2 Å². The van der Waals surface area contributed by atoms with Gasteiger partial charge in [0.2, 0.25) is 5.75 Å². The van der Waals surface area contributed by atoms with Gasteiger partial charge in [-0.1, -0.05) is 12.1 Å². The van der Waals surface area contributed by atoms with Crippen molar-refractivity contribution in [3.63, 3.8) is 0 Å². The number of nitrogens with zero attached hydrogens (tertiary/aromatic N) is 1. The Balaban J connectivity index is 2.40. The first-order valence-electron chi connectivity index (χ1n) is 5.61. The minimum Gasteiger partial charge on any atom is -0.504 e. The van der Waals surface area contributed by atoms with Crippen LogP contribution in [0.1, 0.15) is 15.9 Å². The van der Waals surface area contributed by atoms with Crippen molar-refractivity contribution in [1.82, 2.24) is 0 Å². The van der Waals surface area contributed by atoms with Crippen LogP contribution in [0.5, 0.6) is 17.2 Å². The van der Waals surface area contributed by atoms with E-state index in [1.165, 1.54) is 30.5 Å². The molecule has 0 heterocycles. The molecule has 2 aromatic rings. The van der Waals surface area contributed by atoms with Crippen LogP contribution < -0.4 is 0 Å². The highest BCUT2D eigenvalue weighted by Crippen LogP contribution is 2.36. The largest absolute Gasteiger partial charge is 0.504 e. The predicted octanol–water partition coefficient (Wildman–Crippen LogP) is 2.25. The van der Waals surface area contributed by atoms with Crippen LogP contribution in [0.25, 0.3) is 0 Å². The third kappa shape index (κ3) is 2.54. The zero-order chi connectivity index (χ0) is 14.7. The highest BCUT2D eigenvalue weighted by molar-refractivity contribution is 5.95. The Hall–Kier alpha value is -3.02. The summed E-state index contributed by atoms with van der Waals surface area (Å²) < 4.78 is 0. The molecule has 0 spiro atoms. The Kier molecular flexibility index (Phi) is 3.56. The SMILES string of the molecule is O=C(O)c1ccccc1N=Cc1ccc(O)c(O)c1O. The summed E-state index contributed by atoms with van der Waals surface area (Å²) in [7, 11) is 0. The molecular formula is C14H11NO5. The first kappa shape index (κ1) is 13.4. The molecular weight excluding hydrogens is 262 g/mol. The number of aliphatic imine (C=N–C) groups is 1. The smallest absolute Gasteiger partial charge is 0.337 e. The summed E-state index contributed by atoms with van der Waals surface area (Å²) in [5.74, 6) is -2.75. The summed E-state index contributed by atoms with van der Waals surface area (Å²) in [4.78, 5) is 15.0. The number of carboxylic acids is 1. The van der Waals surface area contributed by atoms with Crippen molar-refractivity contribution in [3.8, 4) is 17.2 Å². The standard InChI is InChI=1S/C14H11NO5/c16-11-6-5-8(12(17)13(11)18)7-15-10-4-2-1-3-9(10)14(19)20/h1-7,16-18H,(H,19,20). The van der Waals surface area contributed by atoms with Crippen LogP contribution in [0.2, 0.25) is 0 Å². The number of phenols is 3. The fourth-order valence-corrected chi connectivity index (χ4v) is 1.59. The van der Waals surface area contributed by atoms with Gasteiger partial charge in [0.15, 0.2) is 11.5 Å². The zero-order valence-electron chi connectivity index (χ0n) is 10.2. The van der Waals surface area contributed by atoms with E-state index >= 15 is 0 Å². The van der Waals surface area contributed by atoms with Crippen molar-refractivity contribution in [2.24, 2.45) is 4.99 Å². The van der Waals surface area contributed by atoms with Gasteiger partial charge < -0.3 is 20.4 Å². The Morgan fingerprint density at radius 3 is 2.40 bits per heavy atom. The number of phenolic OH excluding ortho intramolecular Hbond substituents is 3. The van der Waals surface area contributed by atoms with Crippen LogP contribution in [-0.4, -0.2) is 32.6 Å². The fraction of sp³-hybridized carbons (Fsp3) is 0. The first-order valence-corrected chi connectivity index (χ1v) is 5.61. The fourth-order valence-electron chi connectivity index (χ4n) is 1.59. The van der Waals surface area contributed by atoms with E-state index in [0.717, 1.165) is 0 Å². The molecule has 0 unspecified atom stereocenters. The van der Waals surface area contributed by atoms with Crippen molar-refractivity contribution in [1.29, 1.82) is 0 Å². The van der Waals surface area contributed by atoms with Gasteiger partial charge >= 0.3 is 5.97 Å². The van der Waals surface area contributed by atoms with Crippen LogP contribution in [0.15, 0.2) is 41.4 Å². The Morgan fingerprint density at radius 1 is 1.00 bits per heavy atom. The summed E-state index contributed by atoms with van der Waals surface area (Å²) in [5, 5.41) is 37.2. The number of para-hydroxylation sites is 1. The summed E-state index contributed by atoms with van der Waals surface area (Å²) in [5.41, 5.74) is 0.388. The number of aromatic carboxylic acids is 1. The number of aromatic hydroxyl groups is 3. The van der Waals surface area contributed by atoms with E-state index in [0.29, 0.717) is 0 Å². The van der Waals surface area contributed by atoms with Gasteiger partial charge in [-0.25, -0.2) is 4.79 Å². The molecule has 2 rings (SSSR count). The summed E-state index contributed by atoms with van der Waals surface area (Å²) >= 11 is 0. The lowest BCUT2D eigenvalue weighted by atomic mass is 10.1. The number of hydrogen-bond donors (Lipinski definition) is 4. The number of carbonyl (C=O) groups is 1.